The van der Waals surface area contributed by atoms with Crippen molar-refractivity contribution in [3.8, 4) is 6.07 Å². The predicted octanol–water partition coefficient (Wildman–Crippen LogP) is 1.46. The van der Waals surface area contributed by atoms with Crippen LogP contribution in [0.25, 0.3) is 0 Å². The maximum Gasteiger partial charge on any atom is 0.256 e. The smallest absolute Gasteiger partial charge is 0.256 e. The highest BCUT2D eigenvalue weighted by Crippen LogP contribution is 2.36. The lowest BCUT2D eigenvalue weighted by Crippen LogP contribution is -2.49. The number of carbonyl (C=O) groups is 1. The van der Waals surface area contributed by atoms with Gasteiger partial charge in [-0.3, -0.25) is 9.78 Å². The highest BCUT2D eigenvalue weighted by molar-refractivity contribution is 7.89. The number of nitrogens with zero attached hydrogens (tertiary/aromatic N) is 4. The van der Waals surface area contributed by atoms with Gasteiger partial charge in [-0.05, 0) is 42.8 Å². The summed E-state index contributed by atoms with van der Waals surface area (Å²) >= 11 is 0. The van der Waals surface area contributed by atoms with E-state index in [1.807, 2.05) is 6.07 Å². The van der Waals surface area contributed by atoms with Crippen molar-refractivity contribution in [3.05, 3.63) is 58.9 Å². The lowest BCUT2D eigenvalue weighted by molar-refractivity contribution is 0.0625. The number of amides is 1. The molecule has 0 spiro atoms. The number of aromatic nitrogens is 1. The predicted molar refractivity (Wildman–Crippen MR) is 92.7 cm³/mol. The van der Waals surface area contributed by atoms with E-state index in [9.17, 15) is 13.2 Å². The van der Waals surface area contributed by atoms with Crippen molar-refractivity contribution in [2.45, 2.75) is 17.9 Å². The van der Waals surface area contributed by atoms with Crippen molar-refractivity contribution in [2.24, 2.45) is 0 Å². The van der Waals surface area contributed by atoms with Gasteiger partial charge in [-0.25, -0.2) is 8.42 Å². The van der Waals surface area contributed by atoms with Crippen molar-refractivity contribution >= 4 is 15.9 Å². The van der Waals surface area contributed by atoms with Gasteiger partial charge in [-0.15, -0.1) is 0 Å². The Balaban J connectivity index is 1.68. The zero-order chi connectivity index (χ0) is 18.5. The molecule has 3 heterocycles. The number of sulfonamides is 1. The van der Waals surface area contributed by atoms with Gasteiger partial charge >= 0.3 is 0 Å². The molecule has 2 aliphatic rings. The molecule has 0 radical (unpaired) electrons. The van der Waals surface area contributed by atoms with Gasteiger partial charge in [0.2, 0.25) is 10.0 Å². The number of fused-ring (bicyclic) bond motifs is 3. The molecule has 1 aromatic heterocycles. The first-order valence-corrected chi connectivity index (χ1v) is 9.64. The quantitative estimate of drug-likeness (QED) is 0.800. The van der Waals surface area contributed by atoms with E-state index in [4.69, 9.17) is 5.26 Å². The molecular weight excluding hydrogens is 352 g/mol. The van der Waals surface area contributed by atoms with Crippen molar-refractivity contribution in [3.63, 3.8) is 0 Å². The molecule has 0 aliphatic carbocycles. The molecule has 1 unspecified atom stereocenters. The number of rotatable bonds is 2. The second kappa shape index (κ2) is 5.90. The maximum atomic E-state index is 13.1. The van der Waals surface area contributed by atoms with E-state index in [0.29, 0.717) is 28.9 Å². The van der Waals surface area contributed by atoms with Gasteiger partial charge in [0, 0.05) is 25.8 Å². The number of nitriles is 1. The molecule has 0 saturated carbocycles. The van der Waals surface area contributed by atoms with Crippen LogP contribution in [0.15, 0.2) is 41.4 Å². The van der Waals surface area contributed by atoms with E-state index in [2.05, 4.69) is 4.98 Å². The van der Waals surface area contributed by atoms with E-state index in [0.717, 1.165) is 0 Å². The summed E-state index contributed by atoms with van der Waals surface area (Å²) in [5.41, 5.74) is 2.14. The van der Waals surface area contributed by atoms with Crippen LogP contribution in [0, 0.1) is 18.3 Å². The highest BCUT2D eigenvalue weighted by atomic mass is 32.2. The number of piperazine rings is 1. The molecule has 0 bridgehead atoms. The van der Waals surface area contributed by atoms with Crippen LogP contribution in [-0.2, 0) is 10.0 Å². The van der Waals surface area contributed by atoms with Gasteiger partial charge in [-0.1, -0.05) is 0 Å². The maximum absolute atomic E-state index is 13.1. The third-order valence-electron chi connectivity index (χ3n) is 4.91. The lowest BCUT2D eigenvalue weighted by Gasteiger charge is -2.36. The Bertz CT molecular complexity index is 1060. The molecule has 1 atom stereocenters. The first-order chi connectivity index (χ1) is 12.4. The molecule has 2 aliphatic heterocycles. The third-order valence-corrected chi connectivity index (χ3v) is 6.94. The summed E-state index contributed by atoms with van der Waals surface area (Å²) in [6, 6.07) is 9.64. The average molecular weight is 368 g/mol. The van der Waals surface area contributed by atoms with Crippen LogP contribution < -0.4 is 0 Å². The Kier molecular flexibility index (Phi) is 3.79. The summed E-state index contributed by atoms with van der Waals surface area (Å²) in [5.74, 6) is -0.0929. The van der Waals surface area contributed by atoms with E-state index in [1.54, 1.807) is 36.2 Å². The van der Waals surface area contributed by atoms with E-state index in [1.165, 1.54) is 16.4 Å². The zero-order valence-corrected chi connectivity index (χ0v) is 14.9. The Morgan fingerprint density at radius 1 is 1.27 bits per heavy atom. The fourth-order valence-corrected chi connectivity index (χ4v) is 5.26. The Labute approximate surface area is 151 Å². The lowest BCUT2D eigenvalue weighted by atomic mass is 10.1. The summed E-state index contributed by atoms with van der Waals surface area (Å²) in [6.07, 6.45) is 1.62. The van der Waals surface area contributed by atoms with Gasteiger partial charge in [0.15, 0.2) is 0 Å². The molecule has 1 fully saturated rings. The monoisotopic (exact) mass is 368 g/mol. The van der Waals surface area contributed by atoms with Crippen LogP contribution in [0.1, 0.15) is 33.2 Å². The second-order valence-corrected chi connectivity index (χ2v) is 8.31. The van der Waals surface area contributed by atoms with Gasteiger partial charge < -0.3 is 4.90 Å². The number of carbonyl (C=O) groups excluding carboxylic acids is 1. The minimum Gasteiger partial charge on any atom is -0.327 e. The summed E-state index contributed by atoms with van der Waals surface area (Å²) < 4.78 is 27.6. The summed E-state index contributed by atoms with van der Waals surface area (Å²) in [7, 11) is -3.72. The van der Waals surface area contributed by atoms with Crippen LogP contribution in [0.3, 0.4) is 0 Å². The van der Waals surface area contributed by atoms with Crippen LogP contribution in [0.4, 0.5) is 0 Å². The zero-order valence-electron chi connectivity index (χ0n) is 14.1. The molecule has 0 N–H and O–H groups in total. The van der Waals surface area contributed by atoms with Crippen LogP contribution >= 0.6 is 0 Å². The number of pyridine rings is 1. The number of hydrogen-bond acceptors (Lipinski definition) is 5. The van der Waals surface area contributed by atoms with Crippen LogP contribution in [0.2, 0.25) is 0 Å². The Morgan fingerprint density at radius 2 is 2.08 bits per heavy atom. The molecule has 8 heteroatoms. The van der Waals surface area contributed by atoms with Crippen molar-refractivity contribution < 1.29 is 13.2 Å². The van der Waals surface area contributed by atoms with Gasteiger partial charge in [-0.2, -0.15) is 9.57 Å². The fraction of sp³-hybridized carbons (Fsp3) is 0.278. The molecule has 1 amide bonds. The molecule has 26 heavy (non-hydrogen) atoms. The van der Waals surface area contributed by atoms with E-state index < -0.39 is 10.0 Å². The fourth-order valence-electron chi connectivity index (χ4n) is 3.62. The molecule has 4 rings (SSSR count). The van der Waals surface area contributed by atoms with Crippen molar-refractivity contribution in [1.82, 2.24) is 14.2 Å². The standard InChI is InChI=1S/C18H16N4O3S/c1-12-9-13(10-19)4-5-16(12)26(24,25)21-7-8-22-15(11-21)17-14(18(22)23)3-2-6-20-17/h2-6,9,15H,7-8,11H2,1H3. The number of hydrogen-bond donors (Lipinski definition) is 0. The van der Waals surface area contributed by atoms with Crippen molar-refractivity contribution in [1.29, 1.82) is 5.26 Å². The Morgan fingerprint density at radius 3 is 2.81 bits per heavy atom. The third kappa shape index (κ3) is 2.40. The van der Waals surface area contributed by atoms with Gasteiger partial charge in [0.05, 0.1) is 33.8 Å². The molecule has 132 valence electrons. The first-order valence-electron chi connectivity index (χ1n) is 8.20. The summed E-state index contributed by atoms with van der Waals surface area (Å²) in [4.78, 5) is 18.7. The topological polar surface area (TPSA) is 94.4 Å². The summed E-state index contributed by atoms with van der Waals surface area (Å²) in [5, 5.41) is 8.97. The number of aryl methyl sites for hydroxylation is 1. The van der Waals surface area contributed by atoms with Gasteiger partial charge in [0.25, 0.3) is 5.91 Å². The summed E-state index contributed by atoms with van der Waals surface area (Å²) in [6.45, 7) is 2.42. The molecule has 2 aromatic rings. The molecular formula is C18H16N4O3S. The SMILES string of the molecule is Cc1cc(C#N)ccc1S(=O)(=O)N1CCN2C(=O)c3cccnc3C2C1. The van der Waals surface area contributed by atoms with Crippen molar-refractivity contribution in [2.75, 3.05) is 19.6 Å². The number of benzene rings is 1. The van der Waals surface area contributed by atoms with Crippen LogP contribution in [-0.4, -0.2) is 48.1 Å². The molecule has 1 saturated heterocycles. The van der Waals surface area contributed by atoms with E-state index >= 15 is 0 Å². The first kappa shape index (κ1) is 16.7. The Hall–Kier alpha value is -2.76. The normalized spacial score (nSPS) is 19.8. The van der Waals surface area contributed by atoms with Crippen LogP contribution in [0.5, 0.6) is 0 Å². The average Bonchev–Trinajstić information content (AvgIpc) is 2.94. The molecule has 7 nitrogen and oxygen atoms in total. The minimum atomic E-state index is -3.72. The van der Waals surface area contributed by atoms with Gasteiger partial charge in [0.1, 0.15) is 0 Å². The highest BCUT2D eigenvalue weighted by Gasteiger charge is 2.44. The largest absolute Gasteiger partial charge is 0.327 e. The second-order valence-electron chi connectivity index (χ2n) is 6.41. The van der Waals surface area contributed by atoms with E-state index in [-0.39, 0.29) is 29.9 Å². The minimum absolute atomic E-state index is 0.0929. The molecule has 1 aromatic carbocycles.